The van der Waals surface area contributed by atoms with E-state index < -0.39 is 11.7 Å². The number of hydrogen-bond acceptors (Lipinski definition) is 6. The monoisotopic (exact) mass is 476 g/mol. The number of amides is 1. The summed E-state index contributed by atoms with van der Waals surface area (Å²) in [6, 6.07) is 12.4. The number of carbonyl (C=O) groups is 1. The highest BCUT2D eigenvalue weighted by atomic mass is 32.1. The zero-order chi connectivity index (χ0) is 23.4. The predicted octanol–water partition coefficient (Wildman–Crippen LogP) is 4.60. The molecule has 0 unspecified atom stereocenters. The van der Waals surface area contributed by atoms with Crippen LogP contribution >= 0.6 is 11.3 Å². The van der Waals surface area contributed by atoms with Crippen molar-refractivity contribution < 1.29 is 22.7 Å². The van der Waals surface area contributed by atoms with Crippen molar-refractivity contribution in [3.63, 3.8) is 0 Å². The Morgan fingerprint density at radius 3 is 2.61 bits per heavy atom. The number of rotatable bonds is 6. The van der Waals surface area contributed by atoms with Gasteiger partial charge in [0.05, 0.1) is 24.9 Å². The van der Waals surface area contributed by atoms with E-state index in [1.807, 2.05) is 34.5 Å². The molecule has 1 aliphatic rings. The van der Waals surface area contributed by atoms with Crippen molar-refractivity contribution in [1.29, 1.82) is 0 Å². The lowest BCUT2D eigenvalue weighted by Crippen LogP contribution is -2.48. The number of hydrogen-bond donors (Lipinski definition) is 1. The Bertz CT molecular complexity index is 1110. The van der Waals surface area contributed by atoms with E-state index in [1.54, 1.807) is 18.4 Å². The van der Waals surface area contributed by atoms with Crippen molar-refractivity contribution in [2.45, 2.75) is 6.18 Å². The van der Waals surface area contributed by atoms with Crippen molar-refractivity contribution in [2.75, 3.05) is 50.1 Å². The van der Waals surface area contributed by atoms with E-state index in [4.69, 9.17) is 9.72 Å². The Labute approximate surface area is 193 Å². The predicted molar refractivity (Wildman–Crippen MR) is 123 cm³/mol. The van der Waals surface area contributed by atoms with Crippen LogP contribution in [0.15, 0.2) is 53.9 Å². The first-order valence-electron chi connectivity index (χ1n) is 10.4. The molecule has 0 atom stereocenters. The minimum absolute atomic E-state index is 0.122. The minimum Gasteiger partial charge on any atom is -0.497 e. The third-order valence-corrected chi connectivity index (χ3v) is 6.24. The van der Waals surface area contributed by atoms with Gasteiger partial charge in [-0.15, -0.1) is 11.3 Å². The summed E-state index contributed by atoms with van der Waals surface area (Å²) in [6.45, 7) is 2.86. The first-order valence-corrected chi connectivity index (χ1v) is 11.2. The topological polar surface area (TPSA) is 57.7 Å². The zero-order valence-corrected chi connectivity index (χ0v) is 18.7. The molecule has 10 heteroatoms. The summed E-state index contributed by atoms with van der Waals surface area (Å²) in [4.78, 5) is 21.2. The summed E-state index contributed by atoms with van der Waals surface area (Å²) in [6.07, 6.45) is -4.45. The van der Waals surface area contributed by atoms with Gasteiger partial charge in [0.25, 0.3) is 0 Å². The van der Waals surface area contributed by atoms with Crippen LogP contribution in [0.25, 0.3) is 11.3 Å². The molecule has 1 saturated heterocycles. The second kappa shape index (κ2) is 9.80. The number of piperazine rings is 1. The molecule has 3 aromatic rings. The van der Waals surface area contributed by atoms with Crippen molar-refractivity contribution in [1.82, 2.24) is 9.88 Å². The molecule has 0 bridgehead atoms. The Morgan fingerprint density at radius 1 is 1.12 bits per heavy atom. The zero-order valence-electron chi connectivity index (χ0n) is 17.9. The number of methoxy groups -OCH3 is 1. The van der Waals surface area contributed by atoms with Crippen LogP contribution in [0.4, 0.5) is 24.0 Å². The molecule has 2 heterocycles. The SMILES string of the molecule is COc1cccc(-c2csc(N3CCN(CC(=O)Nc4cccc(C(F)(F)F)c4)CC3)n2)c1. The van der Waals surface area contributed by atoms with Crippen LogP contribution in [0.1, 0.15) is 5.56 Å². The third kappa shape index (κ3) is 5.82. The third-order valence-electron chi connectivity index (χ3n) is 5.34. The summed E-state index contributed by atoms with van der Waals surface area (Å²) in [7, 11) is 1.63. The van der Waals surface area contributed by atoms with E-state index in [1.165, 1.54) is 12.1 Å². The quantitative estimate of drug-likeness (QED) is 0.564. The number of carbonyl (C=O) groups excluding carboxylic acids is 1. The summed E-state index contributed by atoms with van der Waals surface area (Å²) in [5.74, 6) is 0.441. The lowest BCUT2D eigenvalue weighted by molar-refractivity contribution is -0.137. The number of nitrogens with one attached hydrogen (secondary N) is 1. The van der Waals surface area contributed by atoms with Crippen LogP contribution in [0.2, 0.25) is 0 Å². The number of nitrogens with zero attached hydrogens (tertiary/aromatic N) is 3. The maximum atomic E-state index is 12.9. The molecule has 2 aromatic carbocycles. The lowest BCUT2D eigenvalue weighted by atomic mass is 10.2. The fourth-order valence-electron chi connectivity index (χ4n) is 3.60. The van der Waals surface area contributed by atoms with Crippen molar-refractivity contribution in [2.24, 2.45) is 0 Å². The van der Waals surface area contributed by atoms with Gasteiger partial charge in [0.2, 0.25) is 5.91 Å². The Morgan fingerprint density at radius 2 is 1.88 bits per heavy atom. The van der Waals surface area contributed by atoms with E-state index in [-0.39, 0.29) is 18.1 Å². The molecule has 0 saturated carbocycles. The molecule has 6 nitrogen and oxygen atoms in total. The molecule has 1 fully saturated rings. The van der Waals surface area contributed by atoms with Gasteiger partial charge in [0, 0.05) is 42.8 Å². The molecule has 0 aliphatic carbocycles. The largest absolute Gasteiger partial charge is 0.497 e. The van der Waals surface area contributed by atoms with E-state index in [0.29, 0.717) is 26.2 Å². The fourth-order valence-corrected chi connectivity index (χ4v) is 4.49. The van der Waals surface area contributed by atoms with Crippen molar-refractivity contribution in [3.05, 3.63) is 59.5 Å². The Balaban J connectivity index is 1.30. The van der Waals surface area contributed by atoms with Gasteiger partial charge in [-0.3, -0.25) is 9.69 Å². The maximum Gasteiger partial charge on any atom is 0.416 e. The molecule has 1 amide bonds. The normalized spacial score (nSPS) is 14.8. The lowest BCUT2D eigenvalue weighted by Gasteiger charge is -2.34. The van der Waals surface area contributed by atoms with Gasteiger partial charge < -0.3 is 15.0 Å². The van der Waals surface area contributed by atoms with Crippen LogP contribution in [-0.4, -0.2) is 55.6 Å². The first kappa shape index (κ1) is 23.1. The molecule has 4 rings (SSSR count). The molecular weight excluding hydrogens is 453 g/mol. The van der Waals surface area contributed by atoms with E-state index in [2.05, 4.69) is 10.2 Å². The minimum atomic E-state index is -4.45. The summed E-state index contributed by atoms with van der Waals surface area (Å²) < 4.78 is 43.8. The average Bonchev–Trinajstić information content (AvgIpc) is 3.29. The van der Waals surface area contributed by atoms with Gasteiger partial charge in [0.1, 0.15) is 5.75 Å². The summed E-state index contributed by atoms with van der Waals surface area (Å²) >= 11 is 1.57. The summed E-state index contributed by atoms with van der Waals surface area (Å²) in [5.41, 5.74) is 1.23. The fraction of sp³-hybridized carbons (Fsp3) is 0.304. The number of anilines is 2. The van der Waals surface area contributed by atoms with Crippen LogP contribution < -0.4 is 15.0 Å². The number of aromatic nitrogens is 1. The molecule has 174 valence electrons. The Kier molecular flexibility index (Phi) is 6.85. The van der Waals surface area contributed by atoms with Gasteiger partial charge in [0.15, 0.2) is 5.13 Å². The number of ether oxygens (including phenoxy) is 1. The molecular formula is C23H23F3N4O2S. The van der Waals surface area contributed by atoms with Gasteiger partial charge in [-0.05, 0) is 30.3 Å². The second-order valence-corrected chi connectivity index (χ2v) is 8.47. The molecule has 0 radical (unpaired) electrons. The summed E-state index contributed by atoms with van der Waals surface area (Å²) in [5, 5.41) is 5.49. The van der Waals surface area contributed by atoms with E-state index >= 15 is 0 Å². The van der Waals surface area contributed by atoms with Gasteiger partial charge >= 0.3 is 6.18 Å². The number of alkyl halides is 3. The van der Waals surface area contributed by atoms with Gasteiger partial charge in [-0.1, -0.05) is 18.2 Å². The van der Waals surface area contributed by atoms with Crippen LogP contribution in [0.3, 0.4) is 0 Å². The molecule has 1 aliphatic heterocycles. The Hall–Kier alpha value is -3.11. The van der Waals surface area contributed by atoms with Crippen LogP contribution in [0.5, 0.6) is 5.75 Å². The second-order valence-electron chi connectivity index (χ2n) is 7.64. The number of thiazole rings is 1. The first-order chi connectivity index (χ1) is 15.8. The average molecular weight is 477 g/mol. The smallest absolute Gasteiger partial charge is 0.416 e. The molecule has 1 N–H and O–H groups in total. The number of benzene rings is 2. The molecule has 0 spiro atoms. The molecule has 1 aromatic heterocycles. The van der Waals surface area contributed by atoms with Gasteiger partial charge in [-0.2, -0.15) is 13.2 Å². The van der Waals surface area contributed by atoms with E-state index in [9.17, 15) is 18.0 Å². The molecule has 33 heavy (non-hydrogen) atoms. The maximum absolute atomic E-state index is 12.9. The standard InChI is InChI=1S/C23H23F3N4O2S/c1-32-19-7-2-4-16(12-19)20-15-33-22(28-20)30-10-8-29(9-11-30)14-21(31)27-18-6-3-5-17(13-18)23(24,25)26/h2-7,12-13,15H,8-11,14H2,1H3,(H,27,31). The van der Waals surface area contributed by atoms with Crippen LogP contribution in [0, 0.1) is 0 Å². The van der Waals surface area contributed by atoms with Crippen molar-refractivity contribution >= 4 is 28.1 Å². The van der Waals surface area contributed by atoms with Gasteiger partial charge in [-0.25, -0.2) is 4.98 Å². The van der Waals surface area contributed by atoms with Crippen molar-refractivity contribution in [3.8, 4) is 17.0 Å². The van der Waals surface area contributed by atoms with Crippen LogP contribution in [-0.2, 0) is 11.0 Å². The highest BCUT2D eigenvalue weighted by Gasteiger charge is 2.30. The highest BCUT2D eigenvalue weighted by molar-refractivity contribution is 7.14. The van der Waals surface area contributed by atoms with E-state index in [0.717, 1.165) is 34.3 Å². The number of halogens is 3. The highest BCUT2D eigenvalue weighted by Crippen LogP contribution is 2.31.